The fourth-order valence-corrected chi connectivity index (χ4v) is 1.80. The highest BCUT2D eigenvalue weighted by molar-refractivity contribution is 5.43. The predicted molar refractivity (Wildman–Crippen MR) is 66.9 cm³/mol. The summed E-state index contributed by atoms with van der Waals surface area (Å²) in [5.41, 5.74) is 0.588. The maximum Gasteiger partial charge on any atom is 0.243 e. The summed E-state index contributed by atoms with van der Waals surface area (Å²) < 4.78 is 14.4. The van der Waals surface area contributed by atoms with Crippen LogP contribution in [0.5, 0.6) is 0 Å². The molecule has 0 aliphatic rings. The van der Waals surface area contributed by atoms with Gasteiger partial charge >= 0.3 is 0 Å². The van der Waals surface area contributed by atoms with E-state index in [9.17, 15) is 4.39 Å². The average molecular weight is 252 g/mol. The van der Waals surface area contributed by atoms with Gasteiger partial charge < -0.3 is 10.4 Å². The van der Waals surface area contributed by atoms with Gasteiger partial charge in [-0.3, -0.25) is 0 Å². The van der Waals surface area contributed by atoms with Gasteiger partial charge in [0.1, 0.15) is 5.82 Å². The van der Waals surface area contributed by atoms with Crippen LogP contribution in [-0.4, -0.2) is 32.4 Å². The molecule has 0 aliphatic carbocycles. The number of rotatable bonds is 5. The van der Waals surface area contributed by atoms with Gasteiger partial charge in [0.25, 0.3) is 0 Å². The van der Waals surface area contributed by atoms with Gasteiger partial charge in [-0.25, -0.2) is 8.91 Å². The summed E-state index contributed by atoms with van der Waals surface area (Å²) in [7, 11) is 0. The molecular formula is C12H17FN4O. The molecule has 5 nitrogen and oxygen atoms in total. The highest BCUT2D eigenvalue weighted by Crippen LogP contribution is 2.13. The van der Waals surface area contributed by atoms with Gasteiger partial charge in [0.2, 0.25) is 5.95 Å². The molecule has 1 unspecified atom stereocenters. The number of hydrogen-bond acceptors (Lipinski definition) is 4. The second kappa shape index (κ2) is 5.30. The van der Waals surface area contributed by atoms with Crippen molar-refractivity contribution < 1.29 is 9.50 Å². The molecule has 0 saturated heterocycles. The van der Waals surface area contributed by atoms with Gasteiger partial charge in [-0.1, -0.05) is 13.8 Å². The molecule has 0 aromatic carbocycles. The lowest BCUT2D eigenvalue weighted by Crippen LogP contribution is -2.27. The molecule has 2 aromatic heterocycles. The minimum absolute atomic E-state index is 0.0947. The van der Waals surface area contributed by atoms with E-state index in [2.05, 4.69) is 29.2 Å². The van der Waals surface area contributed by atoms with Crippen LogP contribution in [0.2, 0.25) is 0 Å². The first kappa shape index (κ1) is 12.8. The van der Waals surface area contributed by atoms with Crippen LogP contribution in [0.3, 0.4) is 0 Å². The van der Waals surface area contributed by atoms with Crippen molar-refractivity contribution in [3.63, 3.8) is 0 Å². The summed E-state index contributed by atoms with van der Waals surface area (Å²) in [6, 6.07) is 3.02. The summed E-state index contributed by atoms with van der Waals surface area (Å²) in [5, 5.41) is 16.3. The Morgan fingerprint density at radius 2 is 2.22 bits per heavy atom. The van der Waals surface area contributed by atoms with E-state index in [0.717, 1.165) is 0 Å². The maximum absolute atomic E-state index is 13.0. The zero-order valence-electron chi connectivity index (χ0n) is 10.5. The topological polar surface area (TPSA) is 62.5 Å². The number of hydrogen-bond donors (Lipinski definition) is 2. The Kier molecular flexibility index (Phi) is 3.76. The van der Waals surface area contributed by atoms with Crippen molar-refractivity contribution >= 4 is 11.6 Å². The summed E-state index contributed by atoms with van der Waals surface area (Å²) >= 11 is 0. The van der Waals surface area contributed by atoms with E-state index in [1.807, 2.05) is 0 Å². The second-order valence-electron chi connectivity index (χ2n) is 4.59. The molecule has 0 radical (unpaired) electrons. The zero-order chi connectivity index (χ0) is 13.1. The van der Waals surface area contributed by atoms with Crippen LogP contribution in [-0.2, 0) is 0 Å². The van der Waals surface area contributed by atoms with Gasteiger partial charge in [-0.15, -0.1) is 5.10 Å². The van der Waals surface area contributed by atoms with Crippen LogP contribution in [0.1, 0.15) is 20.3 Å². The molecule has 0 amide bonds. The van der Waals surface area contributed by atoms with Crippen LogP contribution >= 0.6 is 0 Å². The van der Waals surface area contributed by atoms with Crippen LogP contribution in [0.4, 0.5) is 10.3 Å². The van der Waals surface area contributed by atoms with E-state index in [0.29, 0.717) is 23.9 Å². The van der Waals surface area contributed by atoms with Crippen LogP contribution in [0.15, 0.2) is 18.3 Å². The Bertz CT molecular complexity index is 526. The molecule has 6 heteroatoms. The fraction of sp³-hybridized carbons (Fsp3) is 0.500. The molecule has 0 spiro atoms. The van der Waals surface area contributed by atoms with E-state index < -0.39 is 0 Å². The van der Waals surface area contributed by atoms with Gasteiger partial charge in [-0.2, -0.15) is 4.98 Å². The zero-order valence-corrected chi connectivity index (χ0v) is 10.5. The maximum atomic E-state index is 13.0. The van der Waals surface area contributed by atoms with Crippen molar-refractivity contribution in [2.45, 2.75) is 26.3 Å². The standard InChI is InChI=1S/C12H17FN4O/c1-8(2)10(5-6-18)14-12-15-11-4-3-9(13)7-17(11)16-12/h3-4,7-8,10,18H,5-6H2,1-2H3,(H,14,16). The molecule has 98 valence electrons. The quantitative estimate of drug-likeness (QED) is 0.850. The SMILES string of the molecule is CC(C)C(CCO)Nc1nc2ccc(F)cn2n1. The Balaban J connectivity index is 2.20. The Labute approximate surface area is 105 Å². The first-order chi connectivity index (χ1) is 8.60. The molecule has 0 aliphatic heterocycles. The summed E-state index contributed by atoms with van der Waals surface area (Å²) in [6.07, 6.45) is 1.91. The van der Waals surface area contributed by atoms with Crippen molar-refractivity contribution in [2.75, 3.05) is 11.9 Å². The van der Waals surface area contributed by atoms with E-state index in [1.165, 1.54) is 16.8 Å². The predicted octanol–water partition coefficient (Wildman–Crippen LogP) is 1.69. The van der Waals surface area contributed by atoms with E-state index in [-0.39, 0.29) is 18.5 Å². The number of aliphatic hydroxyl groups is 1. The summed E-state index contributed by atoms with van der Waals surface area (Å²) in [5.74, 6) is 0.447. The Morgan fingerprint density at radius 3 is 2.89 bits per heavy atom. The minimum atomic E-state index is -0.352. The molecule has 0 saturated carbocycles. The molecule has 0 fully saturated rings. The van der Waals surface area contributed by atoms with Gasteiger partial charge in [0.15, 0.2) is 5.65 Å². The molecule has 2 aromatic rings. The van der Waals surface area contributed by atoms with Gasteiger partial charge in [-0.05, 0) is 24.5 Å². The van der Waals surface area contributed by atoms with Gasteiger partial charge in [0, 0.05) is 12.6 Å². The lowest BCUT2D eigenvalue weighted by Gasteiger charge is -2.20. The average Bonchev–Trinajstić information content (AvgIpc) is 2.69. The number of nitrogens with zero attached hydrogens (tertiary/aromatic N) is 3. The van der Waals surface area contributed by atoms with Crippen LogP contribution in [0.25, 0.3) is 5.65 Å². The number of halogens is 1. The molecular weight excluding hydrogens is 235 g/mol. The smallest absolute Gasteiger partial charge is 0.243 e. The molecule has 2 heterocycles. The molecule has 1 atom stereocenters. The number of nitrogens with one attached hydrogen (secondary N) is 1. The third kappa shape index (κ3) is 2.76. The van der Waals surface area contributed by atoms with Gasteiger partial charge in [0.05, 0.1) is 6.20 Å². The molecule has 2 N–H and O–H groups in total. The van der Waals surface area contributed by atoms with E-state index in [4.69, 9.17) is 5.11 Å². The summed E-state index contributed by atoms with van der Waals surface area (Å²) in [4.78, 5) is 4.25. The third-order valence-electron chi connectivity index (χ3n) is 2.85. The Hall–Kier alpha value is -1.69. The fourth-order valence-electron chi connectivity index (χ4n) is 1.80. The Morgan fingerprint density at radius 1 is 1.44 bits per heavy atom. The van der Waals surface area contributed by atoms with Crippen molar-refractivity contribution in [3.05, 3.63) is 24.1 Å². The molecule has 0 bridgehead atoms. The monoisotopic (exact) mass is 252 g/mol. The largest absolute Gasteiger partial charge is 0.396 e. The number of pyridine rings is 1. The van der Waals surface area contributed by atoms with Crippen molar-refractivity contribution in [3.8, 4) is 0 Å². The number of anilines is 1. The van der Waals surface area contributed by atoms with E-state index >= 15 is 0 Å². The molecule has 18 heavy (non-hydrogen) atoms. The second-order valence-corrected chi connectivity index (χ2v) is 4.59. The highest BCUT2D eigenvalue weighted by atomic mass is 19.1. The molecule has 2 rings (SSSR count). The highest BCUT2D eigenvalue weighted by Gasteiger charge is 2.15. The lowest BCUT2D eigenvalue weighted by molar-refractivity contribution is 0.267. The van der Waals surface area contributed by atoms with Crippen molar-refractivity contribution in [2.24, 2.45) is 5.92 Å². The number of aliphatic hydroxyl groups excluding tert-OH is 1. The normalized spacial score (nSPS) is 13.2. The number of fused-ring (bicyclic) bond motifs is 1. The minimum Gasteiger partial charge on any atom is -0.396 e. The third-order valence-corrected chi connectivity index (χ3v) is 2.85. The van der Waals surface area contributed by atoms with E-state index in [1.54, 1.807) is 6.07 Å². The first-order valence-electron chi connectivity index (χ1n) is 5.99. The van der Waals surface area contributed by atoms with Crippen LogP contribution < -0.4 is 5.32 Å². The van der Waals surface area contributed by atoms with Crippen molar-refractivity contribution in [1.82, 2.24) is 14.6 Å². The first-order valence-corrected chi connectivity index (χ1v) is 5.99. The lowest BCUT2D eigenvalue weighted by atomic mass is 10.0. The van der Waals surface area contributed by atoms with Crippen molar-refractivity contribution in [1.29, 1.82) is 0 Å². The van der Waals surface area contributed by atoms with Crippen LogP contribution in [0, 0.1) is 11.7 Å². The summed E-state index contributed by atoms with van der Waals surface area (Å²) in [6.45, 7) is 4.23. The number of aromatic nitrogens is 3.